The highest BCUT2D eigenvalue weighted by Gasteiger charge is 2.41. The molecule has 1 N–H and O–H groups in total. The zero-order valence-electron chi connectivity index (χ0n) is 9.82. The van der Waals surface area contributed by atoms with Gasteiger partial charge in [0, 0.05) is 6.54 Å². The maximum absolute atomic E-state index is 12.5. The molecule has 1 amide bonds. The average molecular weight is 287 g/mol. The number of halogens is 4. The number of amides is 1. The van der Waals surface area contributed by atoms with Gasteiger partial charge in [-0.15, -0.1) is 0 Å². The number of alkyl halides is 4. The molecule has 1 aliphatic rings. The number of hydrogen-bond donors (Lipinski definition) is 1. The van der Waals surface area contributed by atoms with E-state index in [9.17, 15) is 27.2 Å². The molecule has 5 nitrogen and oxygen atoms in total. The third-order valence-corrected chi connectivity index (χ3v) is 2.70. The van der Waals surface area contributed by atoms with Gasteiger partial charge in [-0.05, 0) is 12.8 Å². The SMILES string of the molecule is O=C(O)C1CCCN1C(=O)COCC(F)(F)C(F)F. The minimum Gasteiger partial charge on any atom is -0.480 e. The van der Waals surface area contributed by atoms with Crippen LogP contribution in [0, 0.1) is 0 Å². The van der Waals surface area contributed by atoms with Crippen molar-refractivity contribution in [1.29, 1.82) is 0 Å². The third-order valence-electron chi connectivity index (χ3n) is 2.70. The molecule has 0 aromatic rings. The molecule has 19 heavy (non-hydrogen) atoms. The summed E-state index contributed by atoms with van der Waals surface area (Å²) in [4.78, 5) is 23.3. The van der Waals surface area contributed by atoms with E-state index >= 15 is 0 Å². The molecule has 1 heterocycles. The van der Waals surface area contributed by atoms with E-state index in [2.05, 4.69) is 4.74 Å². The Balaban J connectivity index is 2.42. The molecule has 0 aliphatic carbocycles. The number of carboxylic acids is 1. The molecule has 9 heteroatoms. The lowest BCUT2D eigenvalue weighted by molar-refractivity contribution is -0.172. The highest BCUT2D eigenvalue weighted by molar-refractivity contribution is 5.84. The molecule has 1 aliphatic heterocycles. The van der Waals surface area contributed by atoms with Crippen LogP contribution in [0.1, 0.15) is 12.8 Å². The molecule has 1 rings (SSSR count). The Hall–Kier alpha value is -1.38. The van der Waals surface area contributed by atoms with Gasteiger partial charge in [0.1, 0.15) is 19.3 Å². The van der Waals surface area contributed by atoms with Crippen LogP contribution in [0.4, 0.5) is 17.6 Å². The second kappa shape index (κ2) is 6.18. The second-order valence-electron chi connectivity index (χ2n) is 4.14. The molecule has 110 valence electrons. The number of carboxylic acid groups (broad SMARTS) is 1. The van der Waals surface area contributed by atoms with Crippen molar-refractivity contribution in [2.24, 2.45) is 0 Å². The fraction of sp³-hybridized carbons (Fsp3) is 0.800. The van der Waals surface area contributed by atoms with Crippen molar-refractivity contribution in [3.8, 4) is 0 Å². The Morgan fingerprint density at radius 1 is 1.42 bits per heavy atom. The van der Waals surface area contributed by atoms with Gasteiger partial charge in [-0.25, -0.2) is 13.6 Å². The molecule has 0 aromatic heterocycles. The average Bonchev–Trinajstić information content (AvgIpc) is 2.77. The minimum absolute atomic E-state index is 0.185. The molecule has 0 spiro atoms. The highest BCUT2D eigenvalue weighted by Crippen LogP contribution is 2.23. The molecular formula is C10H13F4NO4. The van der Waals surface area contributed by atoms with Crippen molar-refractivity contribution in [1.82, 2.24) is 4.90 Å². The summed E-state index contributed by atoms with van der Waals surface area (Å²) in [6, 6.07) is -1.01. The fourth-order valence-corrected chi connectivity index (χ4v) is 1.74. The quantitative estimate of drug-likeness (QED) is 0.739. The molecule has 1 atom stereocenters. The van der Waals surface area contributed by atoms with Crippen molar-refractivity contribution >= 4 is 11.9 Å². The van der Waals surface area contributed by atoms with Crippen LogP contribution in [0.3, 0.4) is 0 Å². The first-order valence-electron chi connectivity index (χ1n) is 5.51. The molecular weight excluding hydrogens is 274 g/mol. The van der Waals surface area contributed by atoms with E-state index in [-0.39, 0.29) is 13.0 Å². The Morgan fingerprint density at radius 2 is 2.05 bits per heavy atom. The van der Waals surface area contributed by atoms with Crippen LogP contribution in [-0.4, -0.2) is 60.0 Å². The zero-order chi connectivity index (χ0) is 14.6. The smallest absolute Gasteiger partial charge is 0.330 e. The standard InChI is InChI=1S/C10H13F4NO4/c11-9(12)10(13,14)5-19-4-7(16)15-3-1-2-6(15)8(17)18/h6,9H,1-5H2,(H,17,18). The topological polar surface area (TPSA) is 66.8 Å². The Bertz CT molecular complexity index is 350. The van der Waals surface area contributed by atoms with E-state index in [4.69, 9.17) is 5.11 Å². The predicted octanol–water partition coefficient (Wildman–Crippen LogP) is 0.979. The first-order valence-corrected chi connectivity index (χ1v) is 5.51. The molecule has 1 unspecified atom stereocenters. The van der Waals surface area contributed by atoms with Crippen molar-refractivity contribution in [2.45, 2.75) is 31.2 Å². The lowest BCUT2D eigenvalue weighted by atomic mass is 10.2. The maximum atomic E-state index is 12.5. The number of ether oxygens (including phenoxy) is 1. The summed E-state index contributed by atoms with van der Waals surface area (Å²) in [5.41, 5.74) is 0. The molecule has 1 saturated heterocycles. The summed E-state index contributed by atoms with van der Waals surface area (Å²) in [6.07, 6.45) is -3.12. The minimum atomic E-state index is -4.32. The van der Waals surface area contributed by atoms with Crippen LogP contribution in [0.5, 0.6) is 0 Å². The van der Waals surface area contributed by atoms with Gasteiger partial charge in [0.2, 0.25) is 5.91 Å². The monoisotopic (exact) mass is 287 g/mol. The van der Waals surface area contributed by atoms with Crippen LogP contribution < -0.4 is 0 Å². The Kier molecular flexibility index (Phi) is 5.10. The number of carbonyl (C=O) groups excluding carboxylic acids is 1. The van der Waals surface area contributed by atoms with Gasteiger partial charge in [-0.2, -0.15) is 8.78 Å². The Labute approximate surface area is 106 Å². The summed E-state index contributed by atoms with van der Waals surface area (Å²) in [6.45, 7) is -2.24. The largest absolute Gasteiger partial charge is 0.480 e. The van der Waals surface area contributed by atoms with E-state index in [0.717, 1.165) is 4.90 Å². The van der Waals surface area contributed by atoms with Gasteiger partial charge in [0.05, 0.1) is 0 Å². The van der Waals surface area contributed by atoms with Gasteiger partial charge >= 0.3 is 18.3 Å². The summed E-state index contributed by atoms with van der Waals surface area (Å²) < 4.78 is 52.8. The third kappa shape index (κ3) is 4.05. The molecule has 0 radical (unpaired) electrons. The lowest BCUT2D eigenvalue weighted by Crippen LogP contribution is -2.43. The molecule has 0 aromatic carbocycles. The fourth-order valence-electron chi connectivity index (χ4n) is 1.74. The van der Waals surface area contributed by atoms with Crippen molar-refractivity contribution in [2.75, 3.05) is 19.8 Å². The normalized spacial score (nSPS) is 20.1. The summed E-state index contributed by atoms with van der Waals surface area (Å²) in [7, 11) is 0. The summed E-state index contributed by atoms with van der Waals surface area (Å²) >= 11 is 0. The molecule has 0 saturated carbocycles. The number of nitrogens with zero attached hydrogens (tertiary/aromatic N) is 1. The van der Waals surface area contributed by atoms with E-state index in [0.29, 0.717) is 6.42 Å². The van der Waals surface area contributed by atoms with E-state index in [1.54, 1.807) is 0 Å². The maximum Gasteiger partial charge on any atom is 0.330 e. The summed E-state index contributed by atoms with van der Waals surface area (Å²) in [5.74, 6) is -6.31. The highest BCUT2D eigenvalue weighted by atomic mass is 19.3. The molecule has 1 fully saturated rings. The van der Waals surface area contributed by atoms with Gasteiger partial charge in [-0.3, -0.25) is 4.79 Å². The predicted molar refractivity (Wildman–Crippen MR) is 54.1 cm³/mol. The van der Waals surface area contributed by atoms with Crippen LogP contribution in [-0.2, 0) is 14.3 Å². The van der Waals surface area contributed by atoms with Crippen LogP contribution in [0.25, 0.3) is 0 Å². The van der Waals surface area contributed by atoms with E-state index in [1.165, 1.54) is 0 Å². The van der Waals surface area contributed by atoms with Crippen molar-refractivity contribution in [3.63, 3.8) is 0 Å². The van der Waals surface area contributed by atoms with Crippen LogP contribution in [0.15, 0.2) is 0 Å². The first-order chi connectivity index (χ1) is 8.75. The van der Waals surface area contributed by atoms with E-state index < -0.39 is 43.5 Å². The van der Waals surface area contributed by atoms with Gasteiger partial charge in [-0.1, -0.05) is 0 Å². The van der Waals surface area contributed by atoms with Crippen molar-refractivity contribution < 1.29 is 37.0 Å². The number of carbonyl (C=O) groups is 2. The van der Waals surface area contributed by atoms with Gasteiger partial charge in [0.15, 0.2) is 0 Å². The number of aliphatic carboxylic acids is 1. The number of rotatable bonds is 6. The second-order valence-corrected chi connectivity index (χ2v) is 4.14. The number of likely N-dealkylation sites (tertiary alicyclic amines) is 1. The Morgan fingerprint density at radius 3 is 2.58 bits per heavy atom. The van der Waals surface area contributed by atoms with Gasteiger partial charge in [0.25, 0.3) is 0 Å². The van der Waals surface area contributed by atoms with E-state index in [1.807, 2.05) is 0 Å². The van der Waals surface area contributed by atoms with Crippen molar-refractivity contribution in [3.05, 3.63) is 0 Å². The molecule has 0 bridgehead atoms. The first kappa shape index (κ1) is 15.7. The summed E-state index contributed by atoms with van der Waals surface area (Å²) in [5, 5.41) is 8.81. The number of hydrogen-bond acceptors (Lipinski definition) is 3. The van der Waals surface area contributed by atoms with Crippen LogP contribution in [0.2, 0.25) is 0 Å². The van der Waals surface area contributed by atoms with Gasteiger partial charge < -0.3 is 14.7 Å². The van der Waals surface area contributed by atoms with Crippen LogP contribution >= 0.6 is 0 Å². The zero-order valence-corrected chi connectivity index (χ0v) is 9.82. The lowest BCUT2D eigenvalue weighted by Gasteiger charge is -2.22.